The van der Waals surface area contributed by atoms with Crippen LogP contribution in [0.4, 0.5) is 36.4 Å². The first-order chi connectivity index (χ1) is 16.2. The van der Waals surface area contributed by atoms with Gasteiger partial charge in [-0.2, -0.15) is 26.3 Å². The van der Waals surface area contributed by atoms with Crippen molar-refractivity contribution in [1.29, 1.82) is 0 Å². The van der Waals surface area contributed by atoms with Crippen molar-refractivity contribution < 1.29 is 49.8 Å². The topological polar surface area (TPSA) is 90.6 Å². The summed E-state index contributed by atoms with van der Waals surface area (Å²) in [6.45, 7) is -1.95. The molecule has 1 unspecified atom stereocenters. The van der Waals surface area contributed by atoms with Crippen molar-refractivity contribution in [3.8, 4) is 5.75 Å². The summed E-state index contributed by atoms with van der Waals surface area (Å²) in [5, 5.41) is 2.28. The lowest BCUT2D eigenvalue weighted by molar-refractivity contribution is -0.272. The Balaban J connectivity index is 2.10. The van der Waals surface area contributed by atoms with Crippen molar-refractivity contribution in [2.75, 3.05) is 5.32 Å². The van der Waals surface area contributed by atoms with Crippen LogP contribution in [-0.2, 0) is 9.53 Å². The number of amides is 2. The van der Waals surface area contributed by atoms with E-state index < -0.39 is 71.1 Å². The van der Waals surface area contributed by atoms with Crippen LogP contribution in [0.15, 0.2) is 36.4 Å². The van der Waals surface area contributed by atoms with Crippen molar-refractivity contribution in [1.82, 2.24) is 0 Å². The first kappa shape index (κ1) is 26.3. The number of carbonyl (C=O) groups is 2. The molecule has 3 rings (SSSR count). The Hall–Kier alpha value is -3.35. The van der Waals surface area contributed by atoms with Gasteiger partial charge in [-0.15, -0.1) is 0 Å². The van der Waals surface area contributed by atoms with Gasteiger partial charge in [0, 0.05) is 28.7 Å². The van der Waals surface area contributed by atoms with E-state index in [-0.39, 0.29) is 11.3 Å². The fourth-order valence-corrected chi connectivity index (χ4v) is 4.01. The fourth-order valence-electron chi connectivity index (χ4n) is 4.01. The molecular formula is C22H19F7N2O4. The number of nitrogens with two attached hydrogens (primary N) is 1. The van der Waals surface area contributed by atoms with Gasteiger partial charge in [0.1, 0.15) is 6.10 Å². The third-order valence-electron chi connectivity index (χ3n) is 5.99. The summed E-state index contributed by atoms with van der Waals surface area (Å²) in [5.41, 5.74) is 1.54. The summed E-state index contributed by atoms with van der Waals surface area (Å²) in [6.07, 6.45) is -7.04. The molecule has 6 nitrogen and oxygen atoms in total. The number of primary amides is 1. The number of alkyl halides is 5. The van der Waals surface area contributed by atoms with Crippen molar-refractivity contribution in [3.63, 3.8) is 0 Å². The van der Waals surface area contributed by atoms with E-state index in [0.717, 1.165) is 19.1 Å². The van der Waals surface area contributed by atoms with Gasteiger partial charge in [0.15, 0.2) is 17.2 Å². The molecule has 1 aliphatic heterocycles. The minimum absolute atomic E-state index is 0.0200. The van der Waals surface area contributed by atoms with E-state index in [1.54, 1.807) is 0 Å². The maximum absolute atomic E-state index is 14.4. The van der Waals surface area contributed by atoms with Crippen LogP contribution in [0.5, 0.6) is 5.75 Å². The Morgan fingerprint density at radius 3 is 2.40 bits per heavy atom. The number of ether oxygens (including phenoxy) is 2. The molecule has 4 atom stereocenters. The molecule has 1 saturated heterocycles. The van der Waals surface area contributed by atoms with Crippen LogP contribution in [-0.4, -0.2) is 36.3 Å². The number of benzene rings is 2. The first-order valence-corrected chi connectivity index (χ1v) is 10.1. The fraction of sp³-hybridized carbons (Fsp3) is 0.364. The lowest BCUT2D eigenvalue weighted by Gasteiger charge is -2.32. The van der Waals surface area contributed by atoms with Gasteiger partial charge in [0.05, 0.1) is 0 Å². The molecule has 2 aromatic rings. The summed E-state index contributed by atoms with van der Waals surface area (Å²) in [6, 6.07) is 6.41. The van der Waals surface area contributed by atoms with Crippen molar-refractivity contribution in [2.45, 2.75) is 44.3 Å². The predicted octanol–water partition coefficient (Wildman–Crippen LogP) is 4.74. The number of anilines is 1. The van der Waals surface area contributed by atoms with Crippen molar-refractivity contribution in [2.24, 2.45) is 11.7 Å². The molecule has 2 amide bonds. The van der Waals surface area contributed by atoms with E-state index >= 15 is 0 Å². The highest BCUT2D eigenvalue weighted by molar-refractivity contribution is 5.98. The Kier molecular flexibility index (Phi) is 7.02. The van der Waals surface area contributed by atoms with E-state index in [9.17, 15) is 40.3 Å². The van der Waals surface area contributed by atoms with Crippen LogP contribution < -0.4 is 15.8 Å². The molecule has 0 spiro atoms. The SMILES string of the molecule is CC1[C@H](c2ccc(F)c(F)c2OC(F)F)[C@H](C(=O)Nc2cccc(C(N)=O)c2)O[C@@]1(C)C(F)(F)F. The van der Waals surface area contributed by atoms with E-state index in [4.69, 9.17) is 10.5 Å². The second-order valence-electron chi connectivity index (χ2n) is 8.05. The van der Waals surface area contributed by atoms with E-state index in [1.807, 2.05) is 0 Å². The van der Waals surface area contributed by atoms with E-state index in [0.29, 0.717) is 13.0 Å². The molecular weight excluding hydrogens is 489 g/mol. The van der Waals surface area contributed by atoms with Gasteiger partial charge < -0.3 is 20.5 Å². The molecule has 0 radical (unpaired) electrons. The van der Waals surface area contributed by atoms with E-state index in [1.165, 1.54) is 18.2 Å². The van der Waals surface area contributed by atoms with Crippen LogP contribution >= 0.6 is 0 Å². The quantitative estimate of drug-likeness (QED) is 0.552. The molecule has 1 heterocycles. The molecule has 0 aromatic heterocycles. The molecule has 1 aliphatic rings. The Labute approximate surface area is 194 Å². The zero-order valence-electron chi connectivity index (χ0n) is 18.1. The van der Waals surface area contributed by atoms with Gasteiger partial charge in [-0.05, 0) is 31.2 Å². The Bertz CT molecular complexity index is 1140. The summed E-state index contributed by atoms with van der Waals surface area (Å²) < 4.78 is 105. The minimum atomic E-state index is -5.03. The van der Waals surface area contributed by atoms with Crippen LogP contribution in [0.25, 0.3) is 0 Å². The normalized spacial score (nSPS) is 24.5. The molecule has 0 bridgehead atoms. The standard InChI is InChI=1S/C22H19F7N2O4/c1-9-14(12-6-7-13(23)15(24)16(12)34-20(25)26)17(35-21(9,2)22(27,28)29)19(33)31-11-5-3-4-10(8-11)18(30)32/h3-9,14,17,20H,1-2H3,(H2,30,32)(H,31,33)/t9?,14-,17-,21-/m1/s1. The zero-order chi connectivity index (χ0) is 26.3. The number of halogens is 7. The molecule has 0 saturated carbocycles. The Morgan fingerprint density at radius 2 is 1.83 bits per heavy atom. The average Bonchev–Trinajstić information content (AvgIpc) is 3.04. The summed E-state index contributed by atoms with van der Waals surface area (Å²) in [4.78, 5) is 24.4. The van der Waals surface area contributed by atoms with E-state index in [2.05, 4.69) is 10.1 Å². The highest BCUT2D eigenvalue weighted by Gasteiger charge is 2.66. The van der Waals surface area contributed by atoms with Gasteiger partial charge in [0.2, 0.25) is 11.7 Å². The van der Waals surface area contributed by atoms with Gasteiger partial charge in [0.25, 0.3) is 5.91 Å². The van der Waals surface area contributed by atoms with Crippen LogP contribution in [0.1, 0.15) is 35.7 Å². The summed E-state index contributed by atoms with van der Waals surface area (Å²) in [5.74, 6) is -10.1. The van der Waals surface area contributed by atoms with Crippen LogP contribution in [0.2, 0.25) is 0 Å². The molecule has 0 aliphatic carbocycles. The van der Waals surface area contributed by atoms with Gasteiger partial charge in [-0.25, -0.2) is 4.39 Å². The third kappa shape index (κ3) is 4.90. The molecule has 2 aromatic carbocycles. The van der Waals surface area contributed by atoms with Gasteiger partial charge in [-0.3, -0.25) is 9.59 Å². The molecule has 13 heteroatoms. The van der Waals surface area contributed by atoms with Gasteiger partial charge in [-0.1, -0.05) is 19.1 Å². The predicted molar refractivity (Wildman–Crippen MR) is 108 cm³/mol. The second-order valence-corrected chi connectivity index (χ2v) is 8.05. The van der Waals surface area contributed by atoms with Crippen LogP contribution in [0.3, 0.4) is 0 Å². The highest BCUT2D eigenvalue weighted by Crippen LogP contribution is 2.55. The Morgan fingerprint density at radius 1 is 1.17 bits per heavy atom. The number of rotatable bonds is 6. The second kappa shape index (κ2) is 9.36. The molecule has 35 heavy (non-hydrogen) atoms. The summed E-state index contributed by atoms with van der Waals surface area (Å²) in [7, 11) is 0. The van der Waals surface area contributed by atoms with Crippen molar-refractivity contribution in [3.05, 3.63) is 59.2 Å². The largest absolute Gasteiger partial charge is 0.431 e. The maximum atomic E-state index is 14.4. The smallest absolute Gasteiger partial charge is 0.417 e. The molecule has 3 N–H and O–H groups in total. The zero-order valence-corrected chi connectivity index (χ0v) is 18.1. The molecule has 1 fully saturated rings. The number of hydrogen-bond acceptors (Lipinski definition) is 4. The maximum Gasteiger partial charge on any atom is 0.417 e. The monoisotopic (exact) mass is 508 g/mol. The number of hydrogen-bond donors (Lipinski definition) is 2. The number of nitrogens with one attached hydrogen (secondary N) is 1. The lowest BCUT2D eigenvalue weighted by atomic mass is 9.77. The first-order valence-electron chi connectivity index (χ1n) is 10.1. The lowest BCUT2D eigenvalue weighted by Crippen LogP contribution is -2.47. The highest BCUT2D eigenvalue weighted by atomic mass is 19.4. The average molecular weight is 508 g/mol. The van der Waals surface area contributed by atoms with Crippen LogP contribution in [0, 0.1) is 17.6 Å². The van der Waals surface area contributed by atoms with Crippen molar-refractivity contribution >= 4 is 17.5 Å². The van der Waals surface area contributed by atoms with Gasteiger partial charge >= 0.3 is 12.8 Å². The molecule has 190 valence electrons. The third-order valence-corrected chi connectivity index (χ3v) is 5.99. The number of carbonyl (C=O) groups excluding carboxylic acids is 2. The summed E-state index contributed by atoms with van der Waals surface area (Å²) >= 11 is 0. The minimum Gasteiger partial charge on any atom is -0.431 e.